The summed E-state index contributed by atoms with van der Waals surface area (Å²) >= 11 is 0. The maximum absolute atomic E-state index is 14.2. The Morgan fingerprint density at radius 3 is 1.70 bits per heavy atom. The lowest BCUT2D eigenvalue weighted by Gasteiger charge is -2.39. The van der Waals surface area contributed by atoms with Crippen LogP contribution < -0.4 is 32.1 Å². The van der Waals surface area contributed by atoms with Crippen molar-refractivity contribution in [2.75, 3.05) is 54.2 Å². The van der Waals surface area contributed by atoms with Crippen molar-refractivity contribution in [3.8, 4) is 40.2 Å². The maximum Gasteiger partial charge on any atom is 0.501 e. The number of hydrogen-bond donors (Lipinski definition) is 4. The molecule has 4 N–H and O–H groups in total. The second-order valence-electron chi connectivity index (χ2n) is 23.2. The Balaban J connectivity index is 0.822. The summed E-state index contributed by atoms with van der Waals surface area (Å²) in [7, 11) is 0.0344. The van der Waals surface area contributed by atoms with Gasteiger partial charge in [0, 0.05) is 55.2 Å². The smallest absolute Gasteiger partial charge is 0.493 e. The number of aliphatic imine (C=N–C) groups is 2. The summed E-state index contributed by atoms with van der Waals surface area (Å²) in [5.74, 6) is -0.216. The molecule has 0 radical (unpaired) electrons. The molecule has 7 atom stereocenters. The van der Waals surface area contributed by atoms with Gasteiger partial charge in [0.2, 0.25) is 6.29 Å². The van der Waals surface area contributed by atoms with Crippen molar-refractivity contribution in [3.63, 3.8) is 0 Å². The van der Waals surface area contributed by atoms with Crippen molar-refractivity contribution in [1.29, 1.82) is 0 Å². The lowest BCUT2D eigenvalue weighted by atomic mass is 9.94. The van der Waals surface area contributed by atoms with Crippen molar-refractivity contribution in [2.45, 2.75) is 95.5 Å². The van der Waals surface area contributed by atoms with Crippen molar-refractivity contribution in [3.05, 3.63) is 160 Å². The highest BCUT2D eigenvalue weighted by Gasteiger charge is 2.45. The maximum atomic E-state index is 14.2. The molecule has 22 nitrogen and oxygen atoms in total. The molecule has 0 bridgehead atoms. The van der Waals surface area contributed by atoms with Crippen LogP contribution in [-0.2, 0) is 47.6 Å². The third-order valence-electron chi connectivity index (χ3n) is 16.5. The van der Waals surface area contributed by atoms with E-state index in [1.54, 1.807) is 36.4 Å². The van der Waals surface area contributed by atoms with Gasteiger partial charge in [-0.05, 0) is 95.6 Å². The number of Topliss-reactive ketones (excluding diaryl/α,β-unsaturated/α-hetero) is 1. The predicted octanol–water partition coefficient (Wildman–Crippen LogP) is 6.48. The number of amides is 2. The highest BCUT2D eigenvalue weighted by atomic mass is 32.3. The average Bonchev–Trinajstić information content (AvgIpc) is 3.66. The van der Waals surface area contributed by atoms with Crippen molar-refractivity contribution >= 4 is 51.8 Å². The molecular formula is C65H70N5O17S+. The van der Waals surface area contributed by atoms with Gasteiger partial charge in [-0.2, -0.15) is 0 Å². The van der Waals surface area contributed by atoms with Crippen molar-refractivity contribution in [1.82, 2.24) is 9.80 Å². The number of ether oxygens (including phenoxy) is 6. The molecule has 6 aromatic rings. The van der Waals surface area contributed by atoms with Gasteiger partial charge >= 0.3 is 10.4 Å². The first-order chi connectivity index (χ1) is 42.3. The highest BCUT2D eigenvalue weighted by Crippen LogP contribution is 2.41. The van der Waals surface area contributed by atoms with Crippen LogP contribution in [0.5, 0.6) is 40.2 Å². The van der Waals surface area contributed by atoms with Crippen LogP contribution in [0.3, 0.4) is 0 Å². The Labute approximate surface area is 509 Å². The summed E-state index contributed by atoms with van der Waals surface area (Å²) in [6.45, 7) is 5.25. The van der Waals surface area contributed by atoms with Crippen LogP contribution in [0.2, 0.25) is 0 Å². The van der Waals surface area contributed by atoms with E-state index in [2.05, 4.69) is 12.1 Å². The molecule has 0 aromatic heterocycles. The van der Waals surface area contributed by atoms with Crippen LogP contribution in [0.15, 0.2) is 125 Å². The van der Waals surface area contributed by atoms with Crippen molar-refractivity contribution in [2.24, 2.45) is 15.9 Å². The predicted molar refractivity (Wildman–Crippen MR) is 322 cm³/mol. The van der Waals surface area contributed by atoms with E-state index in [1.165, 1.54) is 49.6 Å². The number of likely N-dealkylation sites (N-methyl/N-ethyl adjacent to an activating group) is 1. The fourth-order valence-corrected chi connectivity index (χ4v) is 12.4. The molecule has 88 heavy (non-hydrogen) atoms. The minimum absolute atomic E-state index is 0.0426. The van der Waals surface area contributed by atoms with Crippen LogP contribution >= 0.6 is 0 Å². The van der Waals surface area contributed by atoms with E-state index in [0.717, 1.165) is 22.8 Å². The molecule has 5 aliphatic heterocycles. The number of fused-ring (bicyclic) bond motifs is 6. The topological polar surface area (TPSA) is 271 Å². The van der Waals surface area contributed by atoms with Gasteiger partial charge in [0.1, 0.15) is 63.0 Å². The van der Waals surface area contributed by atoms with Gasteiger partial charge in [0.25, 0.3) is 11.8 Å². The minimum Gasteiger partial charge on any atom is -0.493 e. The summed E-state index contributed by atoms with van der Waals surface area (Å²) in [5, 5.41) is 41.2. The number of carbonyl (C=O) groups is 3. The van der Waals surface area contributed by atoms with Crippen LogP contribution in [0.1, 0.15) is 79.2 Å². The fraction of sp³-hybridized carbons (Fsp3) is 0.369. The van der Waals surface area contributed by atoms with Crippen LogP contribution in [0.25, 0.3) is 0 Å². The monoisotopic (exact) mass is 1220 g/mol. The lowest BCUT2D eigenvalue weighted by Crippen LogP contribution is -2.60. The second kappa shape index (κ2) is 25.7. The van der Waals surface area contributed by atoms with Gasteiger partial charge in [-0.25, -0.2) is 0 Å². The second-order valence-corrected chi connectivity index (χ2v) is 24.3. The normalized spacial score (nSPS) is 21.1. The van der Waals surface area contributed by atoms with E-state index < -0.39 is 53.5 Å². The number of aliphatic hydroxyl groups excluding tert-OH is 4. The molecule has 1 unspecified atom stereocenters. The number of hydrogen-bond acceptors (Lipinski definition) is 19. The number of nitrogens with zero attached hydrogens (tertiary/aromatic N) is 5. The van der Waals surface area contributed by atoms with E-state index in [4.69, 9.17) is 46.8 Å². The van der Waals surface area contributed by atoms with Crippen LogP contribution in [0, 0.1) is 5.92 Å². The first-order valence-electron chi connectivity index (χ1n) is 29.0. The molecule has 11 rings (SSSR count). The zero-order valence-electron chi connectivity index (χ0n) is 49.3. The van der Waals surface area contributed by atoms with Gasteiger partial charge in [-0.3, -0.25) is 24.4 Å². The van der Waals surface area contributed by atoms with Crippen LogP contribution in [-0.4, -0.2) is 170 Å². The molecule has 1 saturated heterocycles. The van der Waals surface area contributed by atoms with E-state index in [0.29, 0.717) is 91.1 Å². The Bertz CT molecular complexity index is 3630. The number of carbonyl (C=O) groups excluding carboxylic acids is 3. The highest BCUT2D eigenvalue weighted by molar-refractivity contribution is 7.82. The summed E-state index contributed by atoms with van der Waals surface area (Å²) in [6, 6.07) is 32.5. The Kier molecular flexibility index (Phi) is 17.9. The third kappa shape index (κ3) is 13.2. The number of ketones is 1. The molecule has 462 valence electrons. The average molecular weight is 1230 g/mol. The molecule has 0 spiro atoms. The number of methoxy groups -OCH3 is 2. The summed E-state index contributed by atoms with van der Waals surface area (Å²) in [6.07, 6.45) is -3.36. The number of benzene rings is 6. The molecule has 1 fully saturated rings. The molecule has 23 heteroatoms. The standard InChI is InChI=1S/C65H70N5O17S/c1-38(2)24-52(72)42-16-19-53(84-65-62(75)61(74)60(73)59(37-71)85-65)58(27-42)87-88(78,79)86-47-17-14-39(15-18-47)36-70(3,20-22-82-56-30-50-48(28-54(56)80-4)63(76)68-34-43-12-8-6-10-40(43)25-45(68)32-66-50)21-23-83-57-31-51-49(29-55(57)81-5)64(77)69-35-44-13-9-7-11-41(44)26-46(69)33-67-51/h6-19,27-33,38,45-46,59-62,65,71,73-75H,20-26,34-37H2,1-5H3/q+1/t45-,46-,59+,60-,61-,62+,65?/m0/s1. The lowest BCUT2D eigenvalue weighted by molar-refractivity contribution is -0.922. The molecule has 0 saturated carbocycles. The summed E-state index contributed by atoms with van der Waals surface area (Å²) in [4.78, 5) is 54.8. The molecule has 0 aliphatic carbocycles. The van der Waals surface area contributed by atoms with Gasteiger partial charge in [-0.15, -0.1) is 8.42 Å². The molecular weight excluding hydrogens is 1150 g/mol. The SMILES string of the molecule is COc1cc2c(cc1OCC[N+](C)(CCOc1cc3c(cc1OC)C(=O)N1Cc4ccccc4C[C@H]1C=N3)Cc1ccc(OS(=O)(=O)Oc3cc(C(=O)CC(C)C)ccc3OC3O[C@H](CO)[C@H](O)[C@H](O)[C@H]3O)cc1)N=C[C@@H]1Cc3ccccc3CN1C2=O. The first kappa shape index (κ1) is 61.2. The zero-order chi connectivity index (χ0) is 62.0. The summed E-state index contributed by atoms with van der Waals surface area (Å²) < 4.78 is 74.7. The summed E-state index contributed by atoms with van der Waals surface area (Å²) in [5.41, 5.74) is 7.05. The Hall–Kier alpha value is -8.42. The minimum atomic E-state index is -5.00. The fourth-order valence-electron chi connectivity index (χ4n) is 11.6. The van der Waals surface area contributed by atoms with Gasteiger partial charge in [0.15, 0.2) is 40.3 Å². The van der Waals surface area contributed by atoms with Gasteiger partial charge in [0.05, 0.1) is 62.5 Å². The molecule has 5 heterocycles. The number of rotatable bonds is 22. The first-order valence-corrected chi connectivity index (χ1v) is 30.4. The van der Waals surface area contributed by atoms with E-state index >= 15 is 0 Å². The number of quaternary nitrogens is 1. The van der Waals surface area contributed by atoms with Crippen molar-refractivity contribution < 1.29 is 84.5 Å². The van der Waals surface area contributed by atoms with E-state index in [9.17, 15) is 43.2 Å². The van der Waals surface area contributed by atoms with Gasteiger partial charge in [-0.1, -0.05) is 62.4 Å². The molecule has 2 amide bonds. The van der Waals surface area contributed by atoms with E-state index in [-0.39, 0.29) is 76.8 Å². The zero-order valence-corrected chi connectivity index (χ0v) is 50.1. The quantitative estimate of drug-likeness (QED) is 0.0418. The van der Waals surface area contributed by atoms with Gasteiger partial charge < -0.3 is 71.5 Å². The van der Waals surface area contributed by atoms with E-state index in [1.807, 2.05) is 79.5 Å². The molecule has 5 aliphatic rings. The molecule has 6 aromatic carbocycles. The van der Waals surface area contributed by atoms with Crippen LogP contribution in [0.4, 0.5) is 11.4 Å². The Morgan fingerprint density at radius 2 is 1.19 bits per heavy atom. The largest absolute Gasteiger partial charge is 0.501 e. The Morgan fingerprint density at radius 1 is 0.659 bits per heavy atom. The third-order valence-corrected chi connectivity index (χ3v) is 17.3. The number of aliphatic hydroxyl groups is 4.